The van der Waals surface area contributed by atoms with Crippen molar-refractivity contribution in [3.8, 4) is 0 Å². The lowest BCUT2D eigenvalue weighted by atomic mass is 9.35. The van der Waals surface area contributed by atoms with E-state index in [-0.39, 0.29) is 51.3 Å². The van der Waals surface area contributed by atoms with Crippen LogP contribution in [-0.2, 0) is 9.53 Å². The molecule has 0 bridgehead atoms. The second-order valence-electron chi connectivity index (χ2n) is 15.6. The van der Waals surface area contributed by atoms with E-state index in [2.05, 4.69) is 40.7 Å². The number of fused-ring (bicyclic) bond motifs is 7. The fourth-order valence-corrected chi connectivity index (χ4v) is 11.6. The molecule has 0 radical (unpaired) electrons. The van der Waals surface area contributed by atoms with Gasteiger partial charge in [0.15, 0.2) is 0 Å². The molecule has 6 heteroatoms. The first kappa shape index (κ1) is 28.6. The van der Waals surface area contributed by atoms with E-state index in [4.69, 9.17) is 4.74 Å². The van der Waals surface area contributed by atoms with E-state index < -0.39 is 29.8 Å². The molecule has 0 aromatic carbocycles. The maximum Gasteiger partial charge on any atom is 0.302 e. The van der Waals surface area contributed by atoms with Crippen LogP contribution in [0.1, 0.15) is 93.9 Å². The van der Waals surface area contributed by atoms with Gasteiger partial charge in [-0.25, -0.2) is 0 Å². The summed E-state index contributed by atoms with van der Waals surface area (Å²) >= 11 is 0. The highest BCUT2D eigenvalue weighted by molar-refractivity contribution is 5.66. The van der Waals surface area contributed by atoms with Crippen LogP contribution in [0.3, 0.4) is 0 Å². The molecule has 0 aromatic rings. The molecule has 12 atom stereocenters. The molecule has 5 rings (SSSR count). The van der Waals surface area contributed by atoms with Crippen LogP contribution < -0.4 is 0 Å². The van der Waals surface area contributed by atoms with Crippen molar-refractivity contribution < 1.29 is 30.0 Å². The van der Waals surface area contributed by atoms with Crippen LogP contribution in [0.2, 0.25) is 0 Å². The molecule has 5 aliphatic carbocycles. The first-order valence-corrected chi connectivity index (χ1v) is 15.0. The van der Waals surface area contributed by atoms with Crippen LogP contribution >= 0.6 is 0 Å². The quantitative estimate of drug-likeness (QED) is 0.315. The number of esters is 1. The standard InChI is InChI=1S/C32H52O6/c1-17(2)20-13-22(35)26-31(8)10-9-19-25(30(31,7)11-12-32(20,26)16-38-18(3)33)21(34)14-24-28(4,5)27(37)23(36)15-29(19,24)6/h9,17,20-27,34-37H,10-16H2,1-8H3/t20-,21-,22+,23+,24+,25-,26+,27-,29+,30-,31+,32+/m0/s1. The molecule has 0 saturated heterocycles. The largest absolute Gasteiger partial charge is 0.465 e. The summed E-state index contributed by atoms with van der Waals surface area (Å²) in [4.78, 5) is 12.0. The van der Waals surface area contributed by atoms with Gasteiger partial charge in [-0.2, -0.15) is 0 Å². The zero-order valence-corrected chi connectivity index (χ0v) is 24.8. The van der Waals surface area contributed by atoms with Crippen molar-refractivity contribution >= 4 is 5.97 Å². The molecule has 0 aromatic heterocycles. The van der Waals surface area contributed by atoms with E-state index >= 15 is 0 Å². The molecule has 4 fully saturated rings. The zero-order valence-electron chi connectivity index (χ0n) is 24.8. The van der Waals surface area contributed by atoms with Gasteiger partial charge >= 0.3 is 5.97 Å². The molecule has 216 valence electrons. The van der Waals surface area contributed by atoms with Crippen LogP contribution in [0.4, 0.5) is 0 Å². The summed E-state index contributed by atoms with van der Waals surface area (Å²) < 4.78 is 5.77. The first-order valence-electron chi connectivity index (χ1n) is 15.0. The van der Waals surface area contributed by atoms with E-state index in [0.29, 0.717) is 25.4 Å². The highest BCUT2D eigenvalue weighted by atomic mass is 16.5. The maximum absolute atomic E-state index is 12.0. The van der Waals surface area contributed by atoms with Crippen molar-refractivity contribution in [1.82, 2.24) is 0 Å². The minimum atomic E-state index is -0.812. The average molecular weight is 533 g/mol. The van der Waals surface area contributed by atoms with Crippen LogP contribution in [0.15, 0.2) is 11.6 Å². The van der Waals surface area contributed by atoms with Gasteiger partial charge < -0.3 is 25.2 Å². The molecule has 0 amide bonds. The Morgan fingerprint density at radius 2 is 1.63 bits per heavy atom. The SMILES string of the molecule is CC(=O)OC[C@@]12CC[C@@]3(C)[C@H]4C(=CC[C@]3(C)[C@H]1[C@H](O)C[C@H]2C(C)C)[C@@]1(C)C[C@@H](O)[C@H](O)C(C)(C)[C@H]1C[C@@H]4O. The number of aliphatic hydroxyl groups is 4. The first-order chi connectivity index (χ1) is 17.5. The summed E-state index contributed by atoms with van der Waals surface area (Å²) in [6, 6.07) is 0. The number of aliphatic hydroxyl groups excluding tert-OH is 4. The van der Waals surface area contributed by atoms with E-state index in [0.717, 1.165) is 25.7 Å². The predicted octanol–water partition coefficient (Wildman–Crippen LogP) is 4.48. The lowest BCUT2D eigenvalue weighted by molar-refractivity contribution is -0.223. The molecule has 0 unspecified atom stereocenters. The van der Waals surface area contributed by atoms with Gasteiger partial charge in [-0.05, 0) is 77.9 Å². The number of rotatable bonds is 3. The minimum Gasteiger partial charge on any atom is -0.465 e. The monoisotopic (exact) mass is 532 g/mol. The second kappa shape index (κ2) is 8.77. The Kier molecular flexibility index (Phi) is 6.60. The number of ether oxygens (including phenoxy) is 1. The van der Waals surface area contributed by atoms with Gasteiger partial charge in [0.05, 0.1) is 31.0 Å². The van der Waals surface area contributed by atoms with Crippen molar-refractivity contribution in [1.29, 1.82) is 0 Å². The third kappa shape index (κ3) is 3.48. The summed E-state index contributed by atoms with van der Waals surface area (Å²) in [6.07, 6.45) is 4.07. The third-order valence-corrected chi connectivity index (χ3v) is 13.4. The van der Waals surface area contributed by atoms with Crippen molar-refractivity contribution in [2.45, 2.75) is 118 Å². The Morgan fingerprint density at radius 1 is 0.974 bits per heavy atom. The lowest BCUT2D eigenvalue weighted by Crippen LogP contribution is -2.68. The van der Waals surface area contributed by atoms with Gasteiger partial charge in [-0.1, -0.05) is 60.1 Å². The fraction of sp³-hybridized carbons (Fsp3) is 0.906. The molecular formula is C32H52O6. The predicted molar refractivity (Wildman–Crippen MR) is 146 cm³/mol. The topological polar surface area (TPSA) is 107 Å². The van der Waals surface area contributed by atoms with Crippen molar-refractivity contribution in [2.24, 2.45) is 56.7 Å². The van der Waals surface area contributed by atoms with Crippen molar-refractivity contribution in [3.63, 3.8) is 0 Å². The number of carbonyl (C=O) groups is 1. The Labute approximate surface area is 229 Å². The summed E-state index contributed by atoms with van der Waals surface area (Å²) in [5.74, 6) is 0.318. The van der Waals surface area contributed by atoms with E-state index in [1.165, 1.54) is 12.5 Å². The van der Waals surface area contributed by atoms with Crippen LogP contribution in [0.5, 0.6) is 0 Å². The molecule has 4 N–H and O–H groups in total. The normalized spacial score (nSPS) is 53.3. The van der Waals surface area contributed by atoms with Crippen LogP contribution in [-0.4, -0.2) is 57.4 Å². The molecule has 0 aliphatic heterocycles. The Bertz CT molecular complexity index is 1000. The van der Waals surface area contributed by atoms with Crippen molar-refractivity contribution in [2.75, 3.05) is 6.61 Å². The maximum atomic E-state index is 12.0. The fourth-order valence-electron chi connectivity index (χ4n) is 11.6. The summed E-state index contributed by atoms with van der Waals surface area (Å²) in [5.41, 5.74) is -0.392. The van der Waals surface area contributed by atoms with Crippen LogP contribution in [0.25, 0.3) is 0 Å². The molecule has 38 heavy (non-hydrogen) atoms. The molecule has 0 spiro atoms. The summed E-state index contributed by atoms with van der Waals surface area (Å²) in [7, 11) is 0. The average Bonchev–Trinajstić information content (AvgIpc) is 3.12. The van der Waals surface area contributed by atoms with Crippen LogP contribution in [0, 0.1) is 56.7 Å². The van der Waals surface area contributed by atoms with Gasteiger partial charge in [0.2, 0.25) is 0 Å². The molecular weight excluding hydrogens is 480 g/mol. The third-order valence-electron chi connectivity index (χ3n) is 13.4. The Hall–Kier alpha value is -0.950. The summed E-state index contributed by atoms with van der Waals surface area (Å²) in [6.45, 7) is 17.2. The highest BCUT2D eigenvalue weighted by Crippen LogP contribution is 2.76. The molecule has 0 heterocycles. The number of carbonyl (C=O) groups excluding carboxylic acids is 1. The van der Waals surface area contributed by atoms with E-state index in [1.807, 2.05) is 13.8 Å². The zero-order chi connectivity index (χ0) is 28.2. The van der Waals surface area contributed by atoms with Gasteiger partial charge in [0.25, 0.3) is 0 Å². The molecule has 4 saturated carbocycles. The smallest absolute Gasteiger partial charge is 0.302 e. The van der Waals surface area contributed by atoms with Crippen molar-refractivity contribution in [3.05, 3.63) is 11.6 Å². The molecule has 5 aliphatic rings. The van der Waals surface area contributed by atoms with Gasteiger partial charge in [-0.15, -0.1) is 0 Å². The van der Waals surface area contributed by atoms with E-state index in [1.54, 1.807) is 0 Å². The number of hydrogen-bond acceptors (Lipinski definition) is 6. The minimum absolute atomic E-state index is 0.0359. The number of hydrogen-bond donors (Lipinski definition) is 4. The van der Waals surface area contributed by atoms with Gasteiger partial charge in [-0.3, -0.25) is 4.79 Å². The lowest BCUT2D eigenvalue weighted by Gasteiger charge is -2.70. The van der Waals surface area contributed by atoms with E-state index in [9.17, 15) is 25.2 Å². The second-order valence-corrected chi connectivity index (χ2v) is 15.6. The van der Waals surface area contributed by atoms with Gasteiger partial charge in [0.1, 0.15) is 0 Å². The Morgan fingerprint density at radius 3 is 2.24 bits per heavy atom. The number of allylic oxidation sites excluding steroid dienone is 1. The van der Waals surface area contributed by atoms with Gasteiger partial charge in [0, 0.05) is 24.2 Å². The molecule has 6 nitrogen and oxygen atoms in total. The Balaban J connectivity index is 1.62. The summed E-state index contributed by atoms with van der Waals surface area (Å²) in [5, 5.41) is 45.6. The highest BCUT2D eigenvalue weighted by Gasteiger charge is 2.73.